The zero-order valence-electron chi connectivity index (χ0n) is 16.1. The Morgan fingerprint density at radius 1 is 1.21 bits per heavy atom. The van der Waals surface area contributed by atoms with Gasteiger partial charge in [0, 0.05) is 11.6 Å². The van der Waals surface area contributed by atoms with Crippen LogP contribution in [0, 0.1) is 10.1 Å². The van der Waals surface area contributed by atoms with Crippen LogP contribution in [0.2, 0.25) is 0 Å². The Kier molecular flexibility index (Phi) is 7.53. The number of hydrogen-bond donors (Lipinski definition) is 2. The minimum absolute atomic E-state index is 0.0239. The van der Waals surface area contributed by atoms with Gasteiger partial charge in [-0.1, -0.05) is 19.1 Å². The Bertz CT molecular complexity index is 881. The van der Waals surface area contributed by atoms with Gasteiger partial charge in [-0.3, -0.25) is 19.7 Å². The van der Waals surface area contributed by atoms with Crippen molar-refractivity contribution in [3.8, 4) is 11.5 Å². The van der Waals surface area contributed by atoms with E-state index in [1.165, 1.54) is 19.2 Å². The smallest absolute Gasteiger partial charge is 0.311 e. The Hall–Kier alpha value is -3.62. The molecule has 0 bridgehead atoms. The summed E-state index contributed by atoms with van der Waals surface area (Å²) in [6.07, 6.45) is 0.507. The van der Waals surface area contributed by atoms with E-state index in [0.29, 0.717) is 17.9 Å². The molecule has 0 aliphatic carbocycles. The molecule has 0 spiro atoms. The molecule has 0 unspecified atom stereocenters. The molecule has 1 amide bonds. The number of hydrogen-bond acceptors (Lipinski definition) is 6. The second kappa shape index (κ2) is 10.1. The molecule has 2 aromatic rings. The largest absolute Gasteiger partial charge is 0.494 e. The van der Waals surface area contributed by atoms with Crippen LogP contribution in [0.15, 0.2) is 42.5 Å². The highest BCUT2D eigenvalue weighted by Crippen LogP contribution is 2.28. The van der Waals surface area contributed by atoms with Gasteiger partial charge in [0.1, 0.15) is 5.75 Å². The molecule has 0 saturated carbocycles. The predicted molar refractivity (Wildman–Crippen MR) is 104 cm³/mol. The first-order chi connectivity index (χ1) is 13.8. The summed E-state index contributed by atoms with van der Waals surface area (Å²) in [4.78, 5) is 34.4. The van der Waals surface area contributed by atoms with E-state index in [0.717, 1.165) is 12.5 Å². The molecule has 0 fully saturated rings. The summed E-state index contributed by atoms with van der Waals surface area (Å²) in [5.74, 6) is -1.06. The van der Waals surface area contributed by atoms with Crippen molar-refractivity contribution in [3.05, 3.63) is 63.7 Å². The van der Waals surface area contributed by atoms with E-state index in [-0.39, 0.29) is 23.4 Å². The highest BCUT2D eigenvalue weighted by molar-refractivity contribution is 5.95. The fourth-order valence-corrected chi connectivity index (χ4v) is 2.66. The number of carboxylic acid groups (broad SMARTS) is 1. The van der Waals surface area contributed by atoms with Crippen LogP contribution >= 0.6 is 0 Å². The summed E-state index contributed by atoms with van der Waals surface area (Å²) in [5, 5.41) is 23.0. The predicted octanol–water partition coefficient (Wildman–Crippen LogP) is 3.34. The number of methoxy groups -OCH3 is 1. The second-order valence-corrected chi connectivity index (χ2v) is 6.19. The van der Waals surface area contributed by atoms with Gasteiger partial charge >= 0.3 is 11.7 Å². The molecular weight excluding hydrogens is 380 g/mol. The summed E-state index contributed by atoms with van der Waals surface area (Å²) in [6.45, 7) is 2.54. The molecule has 2 rings (SSSR count). The Labute approximate surface area is 167 Å². The highest BCUT2D eigenvalue weighted by atomic mass is 16.6. The van der Waals surface area contributed by atoms with Crippen molar-refractivity contribution in [2.24, 2.45) is 0 Å². The van der Waals surface area contributed by atoms with E-state index < -0.39 is 22.8 Å². The summed E-state index contributed by atoms with van der Waals surface area (Å²) >= 11 is 0. The SMILES string of the molecule is CCCOc1ccc([C@H](CC(=O)O)NC(=O)c2ccc(OC)c([N+](=O)[O-])c2)cc1. The molecule has 0 saturated heterocycles. The van der Waals surface area contributed by atoms with Crippen LogP contribution in [0.1, 0.15) is 41.7 Å². The van der Waals surface area contributed by atoms with Gasteiger partial charge in [-0.05, 0) is 36.2 Å². The average molecular weight is 402 g/mol. The van der Waals surface area contributed by atoms with Gasteiger partial charge in [-0.25, -0.2) is 0 Å². The van der Waals surface area contributed by atoms with Crippen molar-refractivity contribution in [1.82, 2.24) is 5.32 Å². The fourth-order valence-electron chi connectivity index (χ4n) is 2.66. The third kappa shape index (κ3) is 5.93. The van der Waals surface area contributed by atoms with E-state index in [1.54, 1.807) is 24.3 Å². The normalized spacial score (nSPS) is 11.4. The summed E-state index contributed by atoms with van der Waals surface area (Å²) in [5.41, 5.74) is 0.246. The molecule has 154 valence electrons. The molecule has 0 heterocycles. The van der Waals surface area contributed by atoms with E-state index in [2.05, 4.69) is 5.32 Å². The lowest BCUT2D eigenvalue weighted by molar-refractivity contribution is -0.385. The third-order valence-electron chi connectivity index (χ3n) is 4.08. The average Bonchev–Trinajstić information content (AvgIpc) is 2.71. The number of nitro groups is 1. The number of carbonyl (C=O) groups is 2. The molecule has 29 heavy (non-hydrogen) atoms. The van der Waals surface area contributed by atoms with Gasteiger partial charge in [0.05, 0.1) is 31.1 Å². The van der Waals surface area contributed by atoms with Crippen LogP contribution in [-0.4, -0.2) is 35.6 Å². The summed E-state index contributed by atoms with van der Waals surface area (Å²) in [6, 6.07) is 9.72. The molecule has 9 heteroatoms. The van der Waals surface area contributed by atoms with Crippen LogP contribution < -0.4 is 14.8 Å². The maximum Gasteiger partial charge on any atom is 0.311 e. The van der Waals surface area contributed by atoms with Crippen molar-refractivity contribution in [3.63, 3.8) is 0 Å². The van der Waals surface area contributed by atoms with Crippen LogP contribution in [0.5, 0.6) is 11.5 Å². The number of nitro benzene ring substituents is 1. The zero-order valence-corrected chi connectivity index (χ0v) is 16.1. The van der Waals surface area contributed by atoms with Gasteiger partial charge < -0.3 is 19.9 Å². The molecule has 0 aliphatic rings. The van der Waals surface area contributed by atoms with Gasteiger partial charge in [-0.15, -0.1) is 0 Å². The van der Waals surface area contributed by atoms with E-state index >= 15 is 0 Å². The number of carbonyl (C=O) groups excluding carboxylic acids is 1. The molecule has 0 radical (unpaired) electrons. The van der Waals surface area contributed by atoms with Crippen LogP contribution in [0.4, 0.5) is 5.69 Å². The third-order valence-corrected chi connectivity index (χ3v) is 4.08. The number of aliphatic carboxylic acids is 1. The van der Waals surface area contributed by atoms with E-state index in [9.17, 15) is 24.8 Å². The highest BCUT2D eigenvalue weighted by Gasteiger charge is 2.22. The quantitative estimate of drug-likeness (QED) is 0.461. The molecule has 2 N–H and O–H groups in total. The fraction of sp³-hybridized carbons (Fsp3) is 0.300. The second-order valence-electron chi connectivity index (χ2n) is 6.19. The maximum atomic E-state index is 12.6. The van der Waals surface area contributed by atoms with Crippen molar-refractivity contribution in [2.45, 2.75) is 25.8 Å². The van der Waals surface area contributed by atoms with Crippen LogP contribution in [0.3, 0.4) is 0 Å². The number of nitrogens with zero attached hydrogens (tertiary/aromatic N) is 1. The first kappa shape index (κ1) is 21.7. The van der Waals surface area contributed by atoms with Crippen LogP contribution in [0.25, 0.3) is 0 Å². The van der Waals surface area contributed by atoms with Crippen molar-refractivity contribution < 1.29 is 29.1 Å². The first-order valence-corrected chi connectivity index (χ1v) is 8.93. The van der Waals surface area contributed by atoms with Crippen LogP contribution in [-0.2, 0) is 4.79 Å². The zero-order chi connectivity index (χ0) is 21.4. The number of benzene rings is 2. The minimum atomic E-state index is -1.10. The van der Waals surface area contributed by atoms with Gasteiger partial charge in [0.15, 0.2) is 5.75 Å². The molecular formula is C20H22N2O7. The monoisotopic (exact) mass is 402 g/mol. The molecule has 0 aliphatic heterocycles. The van der Waals surface area contributed by atoms with Crippen molar-refractivity contribution in [2.75, 3.05) is 13.7 Å². The van der Waals surface area contributed by atoms with Gasteiger partial charge in [0.2, 0.25) is 0 Å². The minimum Gasteiger partial charge on any atom is -0.494 e. The number of rotatable bonds is 10. The molecule has 0 aromatic heterocycles. The molecule has 1 atom stereocenters. The first-order valence-electron chi connectivity index (χ1n) is 8.93. The standard InChI is InChI=1S/C20H22N2O7/c1-3-10-29-15-7-4-13(5-8-15)16(12-19(23)24)21-20(25)14-6-9-18(28-2)17(11-14)22(26)27/h4-9,11,16H,3,10,12H2,1-2H3,(H,21,25)(H,23,24)/t16-/m0/s1. The Balaban J connectivity index is 2.23. The summed E-state index contributed by atoms with van der Waals surface area (Å²) < 4.78 is 10.4. The van der Waals surface area contributed by atoms with E-state index in [1.807, 2.05) is 6.92 Å². The number of amides is 1. The Morgan fingerprint density at radius 3 is 2.45 bits per heavy atom. The number of nitrogens with one attached hydrogen (secondary N) is 1. The number of ether oxygens (including phenoxy) is 2. The maximum absolute atomic E-state index is 12.6. The lowest BCUT2D eigenvalue weighted by atomic mass is 10.0. The number of carboxylic acids is 1. The molecule has 2 aromatic carbocycles. The molecule has 9 nitrogen and oxygen atoms in total. The lowest BCUT2D eigenvalue weighted by Crippen LogP contribution is -2.30. The summed E-state index contributed by atoms with van der Waals surface area (Å²) in [7, 11) is 1.29. The van der Waals surface area contributed by atoms with Gasteiger partial charge in [-0.2, -0.15) is 0 Å². The van der Waals surface area contributed by atoms with E-state index in [4.69, 9.17) is 9.47 Å². The topological polar surface area (TPSA) is 128 Å². The van der Waals surface area contributed by atoms with Gasteiger partial charge in [0.25, 0.3) is 5.91 Å². The van der Waals surface area contributed by atoms with Crippen molar-refractivity contribution >= 4 is 17.6 Å². The Morgan fingerprint density at radius 2 is 1.90 bits per heavy atom. The van der Waals surface area contributed by atoms with Crippen molar-refractivity contribution in [1.29, 1.82) is 0 Å². The lowest BCUT2D eigenvalue weighted by Gasteiger charge is -2.18.